The maximum atomic E-state index is 11.6. The Hall–Kier alpha value is -0.360. The molecule has 1 heterocycles. The molecule has 0 aliphatic rings. The van der Waals surface area contributed by atoms with Gasteiger partial charge in [-0.1, -0.05) is 6.92 Å². The second-order valence-corrected chi connectivity index (χ2v) is 5.54. The first-order valence-corrected chi connectivity index (χ1v) is 6.71. The summed E-state index contributed by atoms with van der Waals surface area (Å²) in [6.07, 6.45) is 0.817. The fraction of sp³-hybridized carbons (Fsp3) is 0.667. The van der Waals surface area contributed by atoms with Gasteiger partial charge in [-0.3, -0.25) is 4.79 Å². The number of hydrogen-bond donors (Lipinski definition) is 2. The first kappa shape index (κ1) is 20.9. The predicted molar refractivity (Wildman–Crippen MR) is 85.9 cm³/mol. The molecule has 1 aromatic heterocycles. The van der Waals surface area contributed by atoms with Gasteiger partial charge in [-0.2, -0.15) is 0 Å². The first-order chi connectivity index (χ1) is 8.04. The molecular formula is C12H23Cl2N3OS. The normalized spacial score (nSPS) is 11.2. The van der Waals surface area contributed by atoms with Crippen molar-refractivity contribution in [3.63, 3.8) is 0 Å². The van der Waals surface area contributed by atoms with Crippen LogP contribution in [0.5, 0.6) is 0 Å². The van der Waals surface area contributed by atoms with Gasteiger partial charge < -0.3 is 10.6 Å². The summed E-state index contributed by atoms with van der Waals surface area (Å²) in [5.41, 5.74) is 1.10. The Balaban J connectivity index is 0. The zero-order chi connectivity index (χ0) is 12.8. The zero-order valence-corrected chi connectivity index (χ0v) is 14.2. The fourth-order valence-corrected chi connectivity index (χ4v) is 2.45. The number of aryl methyl sites for hydroxylation is 2. The van der Waals surface area contributed by atoms with Gasteiger partial charge in [0.15, 0.2) is 0 Å². The van der Waals surface area contributed by atoms with Crippen molar-refractivity contribution in [3.8, 4) is 0 Å². The van der Waals surface area contributed by atoms with Gasteiger partial charge in [0.1, 0.15) is 0 Å². The van der Waals surface area contributed by atoms with Crippen molar-refractivity contribution in [3.05, 3.63) is 15.6 Å². The molecule has 0 aliphatic carbocycles. The van der Waals surface area contributed by atoms with Crippen molar-refractivity contribution in [1.29, 1.82) is 0 Å². The number of aromatic nitrogens is 1. The molecule has 1 unspecified atom stereocenters. The van der Waals surface area contributed by atoms with Crippen LogP contribution in [0, 0.1) is 19.8 Å². The molecule has 112 valence electrons. The molecule has 2 N–H and O–H groups in total. The predicted octanol–water partition coefficient (Wildman–Crippen LogP) is 2.12. The Morgan fingerprint density at radius 1 is 1.37 bits per heavy atom. The Kier molecular flexibility index (Phi) is 11.5. The number of hydrogen-bond acceptors (Lipinski definition) is 4. The molecule has 0 saturated heterocycles. The third-order valence-electron chi connectivity index (χ3n) is 2.67. The Bertz CT molecular complexity index is 366. The molecule has 1 amide bonds. The smallest absolute Gasteiger partial charge is 0.224 e. The van der Waals surface area contributed by atoms with Crippen LogP contribution in [-0.2, 0) is 11.2 Å². The van der Waals surface area contributed by atoms with Crippen LogP contribution >= 0.6 is 36.2 Å². The summed E-state index contributed by atoms with van der Waals surface area (Å²) in [7, 11) is 1.85. The SMILES string of the molecule is CNCC(C)C(=O)NCCc1nc(C)c(C)s1.Cl.Cl. The summed E-state index contributed by atoms with van der Waals surface area (Å²) >= 11 is 1.71. The number of nitrogens with zero attached hydrogens (tertiary/aromatic N) is 1. The lowest BCUT2D eigenvalue weighted by Gasteiger charge is -2.10. The highest BCUT2D eigenvalue weighted by Crippen LogP contribution is 2.16. The van der Waals surface area contributed by atoms with Gasteiger partial charge in [-0.25, -0.2) is 4.98 Å². The molecule has 7 heteroatoms. The van der Waals surface area contributed by atoms with Gasteiger partial charge in [-0.05, 0) is 20.9 Å². The molecule has 4 nitrogen and oxygen atoms in total. The van der Waals surface area contributed by atoms with Crippen molar-refractivity contribution < 1.29 is 4.79 Å². The summed E-state index contributed by atoms with van der Waals surface area (Å²) < 4.78 is 0. The topological polar surface area (TPSA) is 54.0 Å². The molecule has 0 bridgehead atoms. The minimum absolute atomic E-state index is 0. The molecule has 1 aromatic rings. The van der Waals surface area contributed by atoms with Gasteiger partial charge >= 0.3 is 0 Å². The van der Waals surface area contributed by atoms with E-state index in [0.717, 1.165) is 17.1 Å². The van der Waals surface area contributed by atoms with Crippen LogP contribution in [-0.4, -0.2) is 31.0 Å². The molecule has 0 fully saturated rings. The molecule has 0 aliphatic heterocycles. The molecule has 0 spiro atoms. The second-order valence-electron chi connectivity index (χ2n) is 4.25. The zero-order valence-electron chi connectivity index (χ0n) is 11.8. The average molecular weight is 328 g/mol. The van der Waals surface area contributed by atoms with E-state index in [0.29, 0.717) is 13.1 Å². The quantitative estimate of drug-likeness (QED) is 0.841. The van der Waals surface area contributed by atoms with Crippen LogP contribution in [0.3, 0.4) is 0 Å². The summed E-state index contributed by atoms with van der Waals surface area (Å²) in [6.45, 7) is 7.39. The van der Waals surface area contributed by atoms with Crippen molar-refractivity contribution in [2.45, 2.75) is 27.2 Å². The summed E-state index contributed by atoms with van der Waals surface area (Å²) in [5.74, 6) is 0.115. The highest BCUT2D eigenvalue weighted by Gasteiger charge is 2.11. The lowest BCUT2D eigenvalue weighted by Crippen LogP contribution is -2.35. The Morgan fingerprint density at radius 2 is 2.00 bits per heavy atom. The monoisotopic (exact) mass is 327 g/mol. The minimum atomic E-state index is 0. The van der Waals surface area contributed by atoms with E-state index in [9.17, 15) is 4.79 Å². The maximum Gasteiger partial charge on any atom is 0.224 e. The number of halogens is 2. The van der Waals surface area contributed by atoms with Crippen molar-refractivity contribution in [2.75, 3.05) is 20.1 Å². The third kappa shape index (κ3) is 7.11. The van der Waals surface area contributed by atoms with Gasteiger partial charge in [0.25, 0.3) is 0 Å². The fourth-order valence-electron chi connectivity index (χ4n) is 1.51. The lowest BCUT2D eigenvalue weighted by atomic mass is 10.1. The van der Waals surface area contributed by atoms with Gasteiger partial charge in [-0.15, -0.1) is 36.2 Å². The number of nitrogens with one attached hydrogen (secondary N) is 2. The molecule has 19 heavy (non-hydrogen) atoms. The molecule has 0 aromatic carbocycles. The van der Waals surface area contributed by atoms with E-state index in [4.69, 9.17) is 0 Å². The summed E-state index contributed by atoms with van der Waals surface area (Å²) in [5, 5.41) is 7.03. The average Bonchev–Trinajstić information content (AvgIpc) is 2.58. The second kappa shape index (κ2) is 10.4. The van der Waals surface area contributed by atoms with E-state index in [-0.39, 0.29) is 36.6 Å². The van der Waals surface area contributed by atoms with Gasteiger partial charge in [0.2, 0.25) is 5.91 Å². The van der Waals surface area contributed by atoms with Crippen LogP contribution in [0.2, 0.25) is 0 Å². The lowest BCUT2D eigenvalue weighted by molar-refractivity contribution is -0.124. The third-order valence-corrected chi connectivity index (χ3v) is 3.80. The standard InChI is InChI=1S/C12H21N3OS.2ClH/c1-8(7-13-4)12(16)14-6-5-11-15-9(2)10(3)17-11;;/h8,13H,5-7H2,1-4H3,(H,14,16);2*1H. The summed E-state index contributed by atoms with van der Waals surface area (Å²) in [4.78, 5) is 17.3. The highest BCUT2D eigenvalue weighted by atomic mass is 35.5. The molecule has 0 saturated carbocycles. The van der Waals surface area contributed by atoms with Crippen LogP contribution in [0.1, 0.15) is 22.5 Å². The van der Waals surface area contributed by atoms with Crippen LogP contribution in [0.15, 0.2) is 0 Å². The number of amides is 1. The molecule has 0 radical (unpaired) electrons. The highest BCUT2D eigenvalue weighted by molar-refractivity contribution is 7.11. The summed E-state index contributed by atoms with van der Waals surface area (Å²) in [6, 6.07) is 0. The molecule has 1 rings (SSSR count). The van der Waals surface area contributed by atoms with E-state index < -0.39 is 0 Å². The molecular weight excluding hydrogens is 305 g/mol. The number of carbonyl (C=O) groups excluding carboxylic acids is 1. The van der Waals surface area contributed by atoms with Crippen LogP contribution in [0.25, 0.3) is 0 Å². The van der Waals surface area contributed by atoms with E-state index >= 15 is 0 Å². The Morgan fingerprint density at radius 3 is 2.47 bits per heavy atom. The van der Waals surface area contributed by atoms with Crippen molar-refractivity contribution in [2.24, 2.45) is 5.92 Å². The van der Waals surface area contributed by atoms with E-state index in [1.54, 1.807) is 11.3 Å². The molecule has 1 atom stereocenters. The largest absolute Gasteiger partial charge is 0.355 e. The van der Waals surface area contributed by atoms with Crippen LogP contribution < -0.4 is 10.6 Å². The Labute approximate surface area is 131 Å². The van der Waals surface area contributed by atoms with E-state index in [1.165, 1.54) is 4.88 Å². The van der Waals surface area contributed by atoms with Gasteiger partial charge in [0, 0.05) is 30.3 Å². The van der Waals surface area contributed by atoms with E-state index in [2.05, 4.69) is 22.5 Å². The maximum absolute atomic E-state index is 11.6. The van der Waals surface area contributed by atoms with Crippen molar-refractivity contribution >= 4 is 42.1 Å². The first-order valence-electron chi connectivity index (χ1n) is 5.89. The van der Waals surface area contributed by atoms with Crippen LogP contribution in [0.4, 0.5) is 0 Å². The number of rotatable bonds is 6. The number of thiazole rings is 1. The van der Waals surface area contributed by atoms with Crippen molar-refractivity contribution in [1.82, 2.24) is 15.6 Å². The van der Waals surface area contributed by atoms with Gasteiger partial charge in [0.05, 0.1) is 10.7 Å². The minimum Gasteiger partial charge on any atom is -0.355 e. The van der Waals surface area contributed by atoms with E-state index in [1.807, 2.05) is 20.9 Å². The number of carbonyl (C=O) groups is 1.